The van der Waals surface area contributed by atoms with E-state index in [1.165, 1.54) is 10.5 Å². The average Bonchev–Trinajstić information content (AvgIpc) is 3.77. The van der Waals surface area contributed by atoms with Gasteiger partial charge in [-0.05, 0) is 99.6 Å². The Morgan fingerprint density at radius 2 is 1.63 bits per heavy atom. The highest BCUT2D eigenvalue weighted by Gasteiger charge is 2.36. The lowest BCUT2D eigenvalue weighted by Gasteiger charge is -2.39. The molecule has 0 unspecified atom stereocenters. The van der Waals surface area contributed by atoms with E-state index in [9.17, 15) is 19.2 Å². The number of likely N-dealkylation sites (tertiary alicyclic amines) is 2. The molecule has 2 aromatic carbocycles. The number of amides is 5. The molecule has 17 nitrogen and oxygen atoms in total. The third kappa shape index (κ3) is 9.90. The number of amidine groups is 1. The van der Waals surface area contributed by atoms with Crippen LogP contribution in [0.5, 0.6) is 5.75 Å². The minimum Gasteiger partial charge on any atom is -0.486 e. The van der Waals surface area contributed by atoms with E-state index in [-0.39, 0.29) is 36.6 Å². The zero-order valence-electron chi connectivity index (χ0n) is 37.6. The summed E-state index contributed by atoms with van der Waals surface area (Å²) in [6.45, 7) is 7.89. The first-order chi connectivity index (χ1) is 32.4. The second-order valence-electron chi connectivity index (χ2n) is 17.7. The van der Waals surface area contributed by atoms with E-state index in [1.54, 1.807) is 12.4 Å². The number of aromatic nitrogens is 4. The van der Waals surface area contributed by atoms with Gasteiger partial charge in [0.15, 0.2) is 0 Å². The van der Waals surface area contributed by atoms with Gasteiger partial charge in [0, 0.05) is 93.0 Å². The first-order valence-corrected chi connectivity index (χ1v) is 23.7. The SMILES string of the molecule is CNc1cc(C2CCN(CC(=O)N3CCC(C(=O)N4CCN(c5ccc(-c6n[nH]c7ccc(O[C@H](C)c8c(Cl)cncc8Cl)cc67)cn5)CC4)CC3)CC2)ccc1C(=[NH2+])N1CCC(=O)NC1=O. The predicted molar refractivity (Wildman–Crippen MR) is 256 cm³/mol. The molecule has 0 spiro atoms. The first kappa shape index (κ1) is 45.8. The van der Waals surface area contributed by atoms with E-state index in [0.29, 0.717) is 97.3 Å². The van der Waals surface area contributed by atoms with Crippen molar-refractivity contribution in [3.05, 3.63) is 93.9 Å². The van der Waals surface area contributed by atoms with Gasteiger partial charge in [-0.2, -0.15) is 10.00 Å². The number of nitrogens with one attached hydrogen (secondary N) is 3. The van der Waals surface area contributed by atoms with Crippen LogP contribution in [0.1, 0.15) is 67.7 Å². The molecule has 7 heterocycles. The van der Waals surface area contributed by atoms with Crippen molar-refractivity contribution >= 4 is 75.2 Å². The molecule has 0 radical (unpaired) electrons. The van der Waals surface area contributed by atoms with E-state index in [1.807, 2.05) is 66.4 Å². The summed E-state index contributed by atoms with van der Waals surface area (Å²) < 4.78 is 6.25. The van der Waals surface area contributed by atoms with Crippen molar-refractivity contribution in [1.29, 1.82) is 0 Å². The number of nitrogens with two attached hydrogens (primary N) is 1. The van der Waals surface area contributed by atoms with E-state index in [4.69, 9.17) is 38.3 Å². The molecular weight excluding hydrogens is 896 g/mol. The number of H-pyrrole nitrogens is 1. The second kappa shape index (κ2) is 19.9. The first-order valence-electron chi connectivity index (χ1n) is 22.9. The number of benzene rings is 2. The molecule has 67 heavy (non-hydrogen) atoms. The number of fused-ring (bicyclic) bond motifs is 1. The minimum absolute atomic E-state index is 0.0872. The number of urea groups is 1. The molecule has 9 rings (SSSR count). The normalized spacial score (nSPS) is 18.3. The monoisotopic (exact) mass is 949 g/mol. The molecule has 5 aromatic rings. The Bertz CT molecular complexity index is 2650. The van der Waals surface area contributed by atoms with Crippen LogP contribution < -0.4 is 25.7 Å². The summed E-state index contributed by atoms with van der Waals surface area (Å²) in [5.41, 5.74) is 5.86. The summed E-state index contributed by atoms with van der Waals surface area (Å²) in [6, 6.07) is 15.3. The van der Waals surface area contributed by atoms with Crippen molar-refractivity contribution in [2.75, 3.05) is 82.7 Å². The Balaban J connectivity index is 0.712. The summed E-state index contributed by atoms with van der Waals surface area (Å²) >= 11 is 12.8. The lowest BCUT2D eigenvalue weighted by atomic mass is 9.88. The number of carbonyl (C=O) groups excluding carboxylic acids is 4. The van der Waals surface area contributed by atoms with Crippen LogP contribution in [0.4, 0.5) is 16.3 Å². The summed E-state index contributed by atoms with van der Waals surface area (Å²) in [5, 5.41) is 21.4. The standard InChI is InChI=1S/C48H54Cl2N12O5/c1-29(44-37(49)26-53-27-38(44)50)67-34-5-7-39-36(24-34)45(57-56-39)33-4-8-41(54-25-33)59-19-21-61(22-20-59)47(65)31-11-16-60(17-12-31)43(64)28-58-14-9-30(10-15-58)32-3-6-35(40(23-32)52-2)46(51)62-18-13-42(63)55-48(62)66/h3-8,23-27,29-31,51-52H,9-22,28H2,1-2H3,(H,56,57)(H,55,63,66)/p+1/t29-/m1/s1. The maximum Gasteiger partial charge on any atom is 0.415 e. The highest BCUT2D eigenvalue weighted by Crippen LogP contribution is 2.36. The topological polar surface area (TPSA) is 198 Å². The summed E-state index contributed by atoms with van der Waals surface area (Å²) in [6.07, 6.45) is 7.90. The van der Waals surface area contributed by atoms with Crippen LogP contribution in [0.25, 0.3) is 22.2 Å². The molecule has 0 bridgehead atoms. The largest absolute Gasteiger partial charge is 0.486 e. The molecule has 350 valence electrons. The van der Waals surface area contributed by atoms with Gasteiger partial charge in [0.2, 0.25) is 17.7 Å². The Labute approximate surface area is 398 Å². The molecule has 4 aliphatic heterocycles. The van der Waals surface area contributed by atoms with Crippen molar-refractivity contribution in [3.8, 4) is 17.0 Å². The van der Waals surface area contributed by atoms with Gasteiger partial charge in [-0.25, -0.2) is 9.78 Å². The van der Waals surface area contributed by atoms with Crippen molar-refractivity contribution in [2.24, 2.45) is 5.92 Å². The Morgan fingerprint density at radius 1 is 0.881 bits per heavy atom. The van der Waals surface area contributed by atoms with Crippen LogP contribution >= 0.6 is 23.2 Å². The lowest BCUT2D eigenvalue weighted by Crippen LogP contribution is -2.60. The number of hydrogen-bond acceptors (Lipinski definition) is 11. The highest BCUT2D eigenvalue weighted by molar-refractivity contribution is 6.35. The van der Waals surface area contributed by atoms with Gasteiger partial charge in [0.05, 0.1) is 34.1 Å². The zero-order chi connectivity index (χ0) is 46.8. The second-order valence-corrected chi connectivity index (χ2v) is 18.5. The van der Waals surface area contributed by atoms with Crippen LogP contribution in [0.15, 0.2) is 67.1 Å². The minimum atomic E-state index is -0.514. The number of imide groups is 1. The van der Waals surface area contributed by atoms with Crippen molar-refractivity contribution in [1.82, 2.24) is 45.1 Å². The quantitative estimate of drug-likeness (QED) is 0.106. The zero-order valence-corrected chi connectivity index (χ0v) is 39.2. The van der Waals surface area contributed by atoms with Crippen LogP contribution in [-0.4, -0.2) is 142 Å². The fourth-order valence-electron chi connectivity index (χ4n) is 9.76. The number of rotatable bonds is 11. The molecule has 3 aromatic heterocycles. The molecule has 1 atom stereocenters. The molecule has 19 heteroatoms. The van der Waals surface area contributed by atoms with Gasteiger partial charge >= 0.3 is 6.03 Å². The third-order valence-electron chi connectivity index (χ3n) is 13.6. The van der Waals surface area contributed by atoms with Crippen LogP contribution in [0.2, 0.25) is 10.0 Å². The number of ether oxygens (including phenoxy) is 1. The average molecular weight is 951 g/mol. The Hall–Kier alpha value is -6.30. The highest BCUT2D eigenvalue weighted by atomic mass is 35.5. The van der Waals surface area contributed by atoms with Crippen molar-refractivity contribution < 1.29 is 29.3 Å². The summed E-state index contributed by atoms with van der Waals surface area (Å²) in [4.78, 5) is 69.8. The van der Waals surface area contributed by atoms with Gasteiger partial charge in [-0.15, -0.1) is 0 Å². The smallest absolute Gasteiger partial charge is 0.415 e. The maximum absolute atomic E-state index is 13.7. The number of piperazine rings is 1. The number of anilines is 2. The predicted octanol–water partition coefficient (Wildman–Crippen LogP) is 4.72. The molecule has 4 aliphatic rings. The molecular formula is C48H55Cl2N12O5+. The molecule has 0 saturated carbocycles. The number of nitrogens with zero attached hydrogens (tertiary/aromatic N) is 8. The lowest BCUT2D eigenvalue weighted by molar-refractivity contribution is -0.141. The Morgan fingerprint density at radius 3 is 2.31 bits per heavy atom. The molecule has 0 aliphatic carbocycles. The molecule has 5 N–H and O–H groups in total. The van der Waals surface area contributed by atoms with Gasteiger partial charge in [0.25, 0.3) is 5.84 Å². The van der Waals surface area contributed by atoms with Gasteiger partial charge in [-0.1, -0.05) is 29.3 Å². The van der Waals surface area contributed by atoms with Crippen molar-refractivity contribution in [2.45, 2.75) is 51.0 Å². The Kier molecular flexibility index (Phi) is 13.6. The third-order valence-corrected chi connectivity index (χ3v) is 14.2. The summed E-state index contributed by atoms with van der Waals surface area (Å²) in [7, 11) is 1.82. The fourth-order valence-corrected chi connectivity index (χ4v) is 10.4. The van der Waals surface area contributed by atoms with Gasteiger partial charge in [-0.3, -0.25) is 40.1 Å². The van der Waals surface area contributed by atoms with Crippen LogP contribution in [0, 0.1) is 5.92 Å². The van der Waals surface area contributed by atoms with E-state index in [0.717, 1.165) is 59.6 Å². The fraction of sp³-hybridized carbons (Fsp3) is 0.417. The maximum atomic E-state index is 13.7. The number of hydrogen-bond donors (Lipinski definition) is 4. The molecule has 4 saturated heterocycles. The number of carbonyl (C=O) groups is 4. The number of halogens is 2. The van der Waals surface area contributed by atoms with E-state index in [2.05, 4.69) is 47.7 Å². The van der Waals surface area contributed by atoms with E-state index < -0.39 is 12.1 Å². The van der Waals surface area contributed by atoms with E-state index >= 15 is 0 Å². The summed E-state index contributed by atoms with van der Waals surface area (Å²) in [5.74, 6) is 2.02. The molecule has 5 amide bonds. The number of piperidine rings is 2. The molecule has 4 fully saturated rings. The van der Waals surface area contributed by atoms with Crippen LogP contribution in [0.3, 0.4) is 0 Å². The number of pyridine rings is 2. The van der Waals surface area contributed by atoms with Crippen LogP contribution in [-0.2, 0) is 14.4 Å². The number of aromatic amines is 1. The van der Waals surface area contributed by atoms with Crippen molar-refractivity contribution in [3.63, 3.8) is 0 Å². The van der Waals surface area contributed by atoms with Gasteiger partial charge in [0.1, 0.15) is 29.9 Å². The van der Waals surface area contributed by atoms with Gasteiger partial charge < -0.3 is 24.8 Å².